The highest BCUT2D eigenvalue weighted by Gasteiger charge is 2.25. The van der Waals surface area contributed by atoms with E-state index < -0.39 is 12.6 Å². The average molecular weight is 301 g/mol. The Hall–Kier alpha value is -1.07. The molecule has 5 heteroatoms. The van der Waals surface area contributed by atoms with Crippen molar-refractivity contribution in [3.05, 3.63) is 35.2 Å². The van der Waals surface area contributed by atoms with Crippen molar-refractivity contribution in [2.24, 2.45) is 0 Å². The van der Waals surface area contributed by atoms with Crippen LogP contribution in [0.4, 0.5) is 13.2 Å². The average Bonchev–Trinajstić information content (AvgIpc) is 2.80. The quantitative estimate of drug-likeness (QED) is 0.715. The number of rotatable bonds is 6. The van der Waals surface area contributed by atoms with Gasteiger partial charge in [0.2, 0.25) is 0 Å². The summed E-state index contributed by atoms with van der Waals surface area (Å²) in [5, 5.41) is 4.51. The van der Waals surface area contributed by atoms with Crippen molar-refractivity contribution < 1.29 is 13.2 Å². The molecule has 2 rings (SSSR count). The Morgan fingerprint density at radius 2 is 1.95 bits per heavy atom. The van der Waals surface area contributed by atoms with Crippen molar-refractivity contribution in [2.45, 2.75) is 38.4 Å². The lowest BCUT2D eigenvalue weighted by Crippen LogP contribution is -2.19. The zero-order valence-electron chi connectivity index (χ0n) is 11.3. The van der Waals surface area contributed by atoms with Crippen molar-refractivity contribution in [2.75, 3.05) is 6.54 Å². The fourth-order valence-electron chi connectivity index (χ4n) is 2.09. The predicted octanol–water partition coefficient (Wildman–Crippen LogP) is 5.28. The molecule has 1 unspecified atom stereocenters. The van der Waals surface area contributed by atoms with Gasteiger partial charge in [-0.15, -0.1) is 11.3 Å². The largest absolute Gasteiger partial charge is 0.389 e. The van der Waals surface area contributed by atoms with Gasteiger partial charge in [-0.25, -0.2) is 0 Å². The SMILES string of the molecule is CC(NCCCCC(F)(F)F)c1cc2ccccc2s1. The van der Waals surface area contributed by atoms with Crippen LogP contribution < -0.4 is 5.32 Å². The second kappa shape index (κ2) is 6.59. The van der Waals surface area contributed by atoms with Crippen LogP contribution in [0.3, 0.4) is 0 Å². The summed E-state index contributed by atoms with van der Waals surface area (Å²) in [5.41, 5.74) is 0. The summed E-state index contributed by atoms with van der Waals surface area (Å²) in [6.07, 6.45) is -3.98. The third kappa shape index (κ3) is 4.49. The number of alkyl halides is 3. The van der Waals surface area contributed by atoms with Gasteiger partial charge in [0.15, 0.2) is 0 Å². The lowest BCUT2D eigenvalue weighted by molar-refractivity contribution is -0.135. The van der Waals surface area contributed by atoms with Gasteiger partial charge in [-0.2, -0.15) is 13.2 Å². The summed E-state index contributed by atoms with van der Waals surface area (Å²) in [5.74, 6) is 0. The molecule has 0 saturated carbocycles. The second-order valence-corrected chi connectivity index (χ2v) is 6.05. The van der Waals surface area contributed by atoms with Gasteiger partial charge in [0.25, 0.3) is 0 Å². The summed E-state index contributed by atoms with van der Waals surface area (Å²) >= 11 is 1.73. The van der Waals surface area contributed by atoms with Crippen molar-refractivity contribution >= 4 is 21.4 Å². The van der Waals surface area contributed by atoms with Gasteiger partial charge in [0.05, 0.1) is 0 Å². The van der Waals surface area contributed by atoms with E-state index in [2.05, 4.69) is 30.4 Å². The normalized spacial score (nSPS) is 13.8. The monoisotopic (exact) mass is 301 g/mol. The number of unbranched alkanes of at least 4 members (excludes halogenated alkanes) is 1. The lowest BCUT2D eigenvalue weighted by atomic mass is 10.2. The van der Waals surface area contributed by atoms with Crippen LogP contribution in [0.1, 0.15) is 37.1 Å². The minimum Gasteiger partial charge on any atom is -0.309 e. The van der Waals surface area contributed by atoms with Gasteiger partial charge < -0.3 is 5.32 Å². The van der Waals surface area contributed by atoms with Crippen LogP contribution in [0, 0.1) is 0 Å². The first-order valence-corrected chi connectivity index (χ1v) is 7.56. The highest BCUT2D eigenvalue weighted by molar-refractivity contribution is 7.19. The third-order valence-electron chi connectivity index (χ3n) is 3.21. The highest BCUT2D eigenvalue weighted by Crippen LogP contribution is 2.29. The molecule has 1 atom stereocenters. The molecule has 1 nitrogen and oxygen atoms in total. The zero-order chi connectivity index (χ0) is 14.6. The fourth-order valence-corrected chi connectivity index (χ4v) is 3.18. The third-order valence-corrected chi connectivity index (χ3v) is 4.51. The van der Waals surface area contributed by atoms with Gasteiger partial charge >= 0.3 is 6.18 Å². The Labute approximate surface area is 120 Å². The number of hydrogen-bond acceptors (Lipinski definition) is 2. The molecule has 0 aliphatic carbocycles. The summed E-state index contributed by atoms with van der Waals surface area (Å²) in [6, 6.07) is 10.5. The molecule has 1 aromatic heterocycles. The van der Waals surface area contributed by atoms with Gasteiger partial charge in [-0.05, 0) is 43.8 Å². The first-order valence-electron chi connectivity index (χ1n) is 6.74. The maximum absolute atomic E-state index is 12.0. The van der Waals surface area contributed by atoms with Crippen molar-refractivity contribution in [1.82, 2.24) is 5.32 Å². The standard InChI is InChI=1S/C15H18F3NS/c1-11(19-9-5-4-8-15(16,17)18)14-10-12-6-2-3-7-13(12)20-14/h2-3,6-7,10-11,19H,4-5,8-9H2,1H3. The van der Waals surface area contributed by atoms with Gasteiger partial charge in [0.1, 0.15) is 0 Å². The summed E-state index contributed by atoms with van der Waals surface area (Å²) < 4.78 is 37.3. The molecule has 110 valence electrons. The molecule has 0 bridgehead atoms. The van der Waals surface area contributed by atoms with Gasteiger partial charge in [-0.3, -0.25) is 0 Å². The van der Waals surface area contributed by atoms with Crippen LogP contribution in [0.5, 0.6) is 0 Å². The second-order valence-electron chi connectivity index (χ2n) is 4.93. The smallest absolute Gasteiger partial charge is 0.309 e. The Morgan fingerprint density at radius 3 is 2.65 bits per heavy atom. The summed E-state index contributed by atoms with van der Waals surface area (Å²) in [7, 11) is 0. The van der Waals surface area contributed by atoms with E-state index in [0.717, 1.165) is 0 Å². The lowest BCUT2D eigenvalue weighted by Gasteiger charge is -2.12. The van der Waals surface area contributed by atoms with Crippen LogP contribution in [-0.4, -0.2) is 12.7 Å². The molecule has 1 heterocycles. The number of fused-ring (bicyclic) bond motifs is 1. The maximum Gasteiger partial charge on any atom is 0.389 e. The van der Waals surface area contributed by atoms with Crippen LogP contribution >= 0.6 is 11.3 Å². The molecule has 0 aliphatic rings. The van der Waals surface area contributed by atoms with Crippen LogP contribution in [-0.2, 0) is 0 Å². The Balaban J connectivity index is 1.78. The number of benzene rings is 1. The van der Waals surface area contributed by atoms with Crippen molar-refractivity contribution in [3.63, 3.8) is 0 Å². The van der Waals surface area contributed by atoms with Gasteiger partial charge in [-0.1, -0.05) is 18.2 Å². The molecular formula is C15H18F3NS. The first-order chi connectivity index (χ1) is 9.46. The Morgan fingerprint density at radius 1 is 1.20 bits per heavy atom. The Kier molecular flexibility index (Phi) is 5.05. The molecule has 0 saturated heterocycles. The van der Waals surface area contributed by atoms with Crippen LogP contribution in [0.25, 0.3) is 10.1 Å². The van der Waals surface area contributed by atoms with Crippen molar-refractivity contribution in [1.29, 1.82) is 0 Å². The van der Waals surface area contributed by atoms with E-state index in [0.29, 0.717) is 13.0 Å². The number of hydrogen-bond donors (Lipinski definition) is 1. The maximum atomic E-state index is 12.0. The predicted molar refractivity (Wildman–Crippen MR) is 78.1 cm³/mol. The van der Waals surface area contributed by atoms with E-state index in [1.807, 2.05) is 12.1 Å². The van der Waals surface area contributed by atoms with Crippen LogP contribution in [0.2, 0.25) is 0 Å². The highest BCUT2D eigenvalue weighted by atomic mass is 32.1. The topological polar surface area (TPSA) is 12.0 Å². The molecule has 0 radical (unpaired) electrons. The first kappa shape index (κ1) is 15.3. The molecule has 2 aromatic rings. The zero-order valence-corrected chi connectivity index (χ0v) is 12.2. The molecule has 0 spiro atoms. The molecule has 20 heavy (non-hydrogen) atoms. The van der Waals surface area contributed by atoms with E-state index in [9.17, 15) is 13.2 Å². The number of nitrogens with one attached hydrogen (secondary N) is 1. The Bertz CT molecular complexity index is 514. The van der Waals surface area contributed by atoms with E-state index in [1.54, 1.807) is 11.3 Å². The minimum absolute atomic E-state index is 0.179. The summed E-state index contributed by atoms with van der Waals surface area (Å²) in [4.78, 5) is 1.22. The van der Waals surface area contributed by atoms with E-state index in [4.69, 9.17) is 0 Å². The number of halogens is 3. The summed E-state index contributed by atoms with van der Waals surface area (Å²) in [6.45, 7) is 2.67. The molecule has 0 fully saturated rings. The van der Waals surface area contributed by atoms with Crippen LogP contribution in [0.15, 0.2) is 30.3 Å². The van der Waals surface area contributed by atoms with Crippen molar-refractivity contribution in [3.8, 4) is 0 Å². The molecule has 0 amide bonds. The fraction of sp³-hybridized carbons (Fsp3) is 0.467. The minimum atomic E-state index is -4.03. The molecule has 1 aromatic carbocycles. The number of thiophene rings is 1. The molecule has 0 aliphatic heterocycles. The molecular weight excluding hydrogens is 283 g/mol. The van der Waals surface area contributed by atoms with Gasteiger partial charge in [0, 0.05) is 22.0 Å². The van der Waals surface area contributed by atoms with E-state index in [-0.39, 0.29) is 12.5 Å². The van der Waals surface area contributed by atoms with E-state index in [1.165, 1.54) is 15.0 Å². The molecule has 1 N–H and O–H groups in total. The van der Waals surface area contributed by atoms with E-state index >= 15 is 0 Å².